The Balaban J connectivity index is 2.02. The standard InChI is InChI=1S/C14H16BrNS/c1-3-12-5-6-13(17-12)9-16-14-7-4-11(15)8-10(14)2/h4-8,16H,3,9H2,1-2H3. The van der Waals surface area contributed by atoms with Gasteiger partial charge >= 0.3 is 0 Å². The average molecular weight is 310 g/mol. The lowest BCUT2D eigenvalue weighted by Gasteiger charge is -2.08. The van der Waals surface area contributed by atoms with Crippen molar-refractivity contribution in [2.45, 2.75) is 26.8 Å². The van der Waals surface area contributed by atoms with Crippen molar-refractivity contribution in [2.24, 2.45) is 0 Å². The molecule has 17 heavy (non-hydrogen) atoms. The molecule has 0 amide bonds. The summed E-state index contributed by atoms with van der Waals surface area (Å²) in [6.07, 6.45) is 1.13. The van der Waals surface area contributed by atoms with Crippen molar-refractivity contribution in [3.63, 3.8) is 0 Å². The fourth-order valence-corrected chi connectivity index (χ4v) is 3.09. The number of halogens is 1. The maximum absolute atomic E-state index is 3.48. The van der Waals surface area contributed by atoms with Crippen molar-refractivity contribution >= 4 is 33.0 Å². The van der Waals surface area contributed by atoms with Gasteiger partial charge in [0, 0.05) is 26.5 Å². The number of thiophene rings is 1. The van der Waals surface area contributed by atoms with Crippen molar-refractivity contribution in [1.82, 2.24) is 0 Å². The molecule has 0 bridgehead atoms. The van der Waals surface area contributed by atoms with E-state index in [4.69, 9.17) is 0 Å². The third-order valence-corrected chi connectivity index (χ3v) is 4.43. The van der Waals surface area contributed by atoms with Gasteiger partial charge in [-0.1, -0.05) is 22.9 Å². The first-order valence-electron chi connectivity index (χ1n) is 5.76. The van der Waals surface area contributed by atoms with Crippen molar-refractivity contribution < 1.29 is 0 Å². The molecule has 0 saturated carbocycles. The van der Waals surface area contributed by atoms with Gasteiger partial charge in [0.05, 0.1) is 0 Å². The highest BCUT2D eigenvalue weighted by molar-refractivity contribution is 9.10. The van der Waals surface area contributed by atoms with Crippen LogP contribution < -0.4 is 5.32 Å². The van der Waals surface area contributed by atoms with E-state index in [0.29, 0.717) is 0 Å². The molecule has 0 saturated heterocycles. The molecule has 1 heterocycles. The SMILES string of the molecule is CCc1ccc(CNc2ccc(Br)cc2C)s1. The molecular formula is C14H16BrNS. The quantitative estimate of drug-likeness (QED) is 0.838. The molecule has 0 spiro atoms. The summed E-state index contributed by atoms with van der Waals surface area (Å²) in [5.41, 5.74) is 2.48. The summed E-state index contributed by atoms with van der Waals surface area (Å²) in [7, 11) is 0. The van der Waals surface area contributed by atoms with Gasteiger partial charge in [0.2, 0.25) is 0 Å². The van der Waals surface area contributed by atoms with Gasteiger partial charge in [-0.15, -0.1) is 11.3 Å². The van der Waals surface area contributed by atoms with Crippen molar-refractivity contribution in [3.8, 4) is 0 Å². The summed E-state index contributed by atoms with van der Waals surface area (Å²) in [6, 6.07) is 10.8. The van der Waals surface area contributed by atoms with E-state index < -0.39 is 0 Å². The Morgan fingerprint density at radius 2 is 1.94 bits per heavy atom. The molecule has 1 nitrogen and oxygen atoms in total. The zero-order valence-electron chi connectivity index (χ0n) is 10.1. The zero-order valence-corrected chi connectivity index (χ0v) is 12.5. The van der Waals surface area contributed by atoms with Gasteiger partial charge in [0.25, 0.3) is 0 Å². The van der Waals surface area contributed by atoms with E-state index in [9.17, 15) is 0 Å². The van der Waals surface area contributed by atoms with Gasteiger partial charge in [0.15, 0.2) is 0 Å². The lowest BCUT2D eigenvalue weighted by atomic mass is 10.2. The molecule has 0 radical (unpaired) electrons. The predicted octanol–water partition coefficient (Wildman–Crippen LogP) is 4.99. The lowest BCUT2D eigenvalue weighted by Crippen LogP contribution is -1.99. The molecule has 2 aromatic rings. The largest absolute Gasteiger partial charge is 0.380 e. The minimum Gasteiger partial charge on any atom is -0.380 e. The van der Waals surface area contributed by atoms with Crippen LogP contribution in [0.2, 0.25) is 0 Å². The second-order valence-electron chi connectivity index (χ2n) is 4.03. The molecule has 3 heteroatoms. The van der Waals surface area contributed by atoms with E-state index in [0.717, 1.165) is 17.4 Å². The summed E-state index contributed by atoms with van der Waals surface area (Å²) >= 11 is 5.37. The molecule has 0 aliphatic carbocycles. The Morgan fingerprint density at radius 3 is 2.59 bits per heavy atom. The van der Waals surface area contributed by atoms with Crippen molar-refractivity contribution in [2.75, 3.05) is 5.32 Å². The van der Waals surface area contributed by atoms with Crippen LogP contribution in [0.15, 0.2) is 34.8 Å². The molecule has 0 aliphatic heterocycles. The van der Waals surface area contributed by atoms with E-state index in [1.165, 1.54) is 21.0 Å². The van der Waals surface area contributed by atoms with Crippen LogP contribution >= 0.6 is 27.3 Å². The topological polar surface area (TPSA) is 12.0 Å². The number of nitrogens with one attached hydrogen (secondary N) is 1. The Morgan fingerprint density at radius 1 is 1.18 bits per heavy atom. The lowest BCUT2D eigenvalue weighted by molar-refractivity contribution is 1.18. The molecule has 90 valence electrons. The summed E-state index contributed by atoms with van der Waals surface area (Å²) < 4.78 is 1.13. The molecule has 1 aromatic carbocycles. The molecule has 0 unspecified atom stereocenters. The summed E-state index contributed by atoms with van der Waals surface area (Å²) in [4.78, 5) is 2.85. The first-order chi connectivity index (χ1) is 8.19. The van der Waals surface area contributed by atoms with Crippen LogP contribution in [-0.4, -0.2) is 0 Å². The van der Waals surface area contributed by atoms with Gasteiger partial charge < -0.3 is 5.32 Å². The predicted molar refractivity (Wildman–Crippen MR) is 79.9 cm³/mol. The normalized spacial score (nSPS) is 10.5. The third kappa shape index (κ3) is 3.33. The van der Waals surface area contributed by atoms with Crippen LogP contribution in [0, 0.1) is 6.92 Å². The highest BCUT2D eigenvalue weighted by Crippen LogP contribution is 2.22. The fourth-order valence-electron chi connectivity index (χ4n) is 1.72. The Labute approximate surface area is 115 Å². The van der Waals surface area contributed by atoms with Crippen molar-refractivity contribution in [1.29, 1.82) is 0 Å². The van der Waals surface area contributed by atoms with Crippen molar-refractivity contribution in [3.05, 3.63) is 50.1 Å². The number of benzene rings is 1. The maximum Gasteiger partial charge on any atom is 0.0494 e. The smallest absolute Gasteiger partial charge is 0.0494 e. The minimum atomic E-state index is 0.910. The van der Waals surface area contributed by atoms with Crippen LogP contribution in [0.4, 0.5) is 5.69 Å². The number of aryl methyl sites for hydroxylation is 2. The maximum atomic E-state index is 3.48. The van der Waals surface area contributed by atoms with Gasteiger partial charge in [-0.05, 0) is 49.2 Å². The van der Waals surface area contributed by atoms with E-state index >= 15 is 0 Å². The fraction of sp³-hybridized carbons (Fsp3) is 0.286. The van der Waals surface area contributed by atoms with Crippen LogP contribution in [0.3, 0.4) is 0 Å². The Bertz CT molecular complexity index is 505. The van der Waals surface area contributed by atoms with E-state index in [2.05, 4.69) is 65.4 Å². The Hall–Kier alpha value is -0.800. The molecule has 0 fully saturated rings. The molecule has 0 aliphatic rings. The zero-order chi connectivity index (χ0) is 12.3. The van der Waals surface area contributed by atoms with Crippen LogP contribution in [0.1, 0.15) is 22.2 Å². The van der Waals surface area contributed by atoms with Gasteiger partial charge in [0.1, 0.15) is 0 Å². The number of rotatable bonds is 4. The highest BCUT2D eigenvalue weighted by Gasteiger charge is 2.01. The Kier molecular flexibility index (Phi) is 4.24. The molecule has 1 N–H and O–H groups in total. The van der Waals surface area contributed by atoms with Gasteiger partial charge in [-0.2, -0.15) is 0 Å². The molecule has 1 aromatic heterocycles. The van der Waals surface area contributed by atoms with E-state index in [1.807, 2.05) is 11.3 Å². The van der Waals surface area contributed by atoms with E-state index in [1.54, 1.807) is 0 Å². The van der Waals surface area contributed by atoms with Crippen LogP contribution in [0.25, 0.3) is 0 Å². The van der Waals surface area contributed by atoms with Gasteiger partial charge in [-0.3, -0.25) is 0 Å². The van der Waals surface area contributed by atoms with Crippen LogP contribution in [0.5, 0.6) is 0 Å². The highest BCUT2D eigenvalue weighted by atomic mass is 79.9. The van der Waals surface area contributed by atoms with Crippen LogP contribution in [-0.2, 0) is 13.0 Å². The average Bonchev–Trinajstić information content (AvgIpc) is 2.76. The summed E-state index contributed by atoms with van der Waals surface area (Å²) in [5.74, 6) is 0. The number of hydrogen-bond acceptors (Lipinski definition) is 2. The first-order valence-corrected chi connectivity index (χ1v) is 7.37. The second kappa shape index (κ2) is 5.69. The first kappa shape index (κ1) is 12.7. The number of hydrogen-bond donors (Lipinski definition) is 1. The second-order valence-corrected chi connectivity index (χ2v) is 6.20. The van der Waals surface area contributed by atoms with E-state index in [-0.39, 0.29) is 0 Å². The molecule has 0 atom stereocenters. The minimum absolute atomic E-state index is 0.910. The third-order valence-electron chi connectivity index (χ3n) is 2.71. The number of anilines is 1. The summed E-state index contributed by atoms with van der Waals surface area (Å²) in [5, 5.41) is 3.48. The monoisotopic (exact) mass is 309 g/mol. The summed E-state index contributed by atoms with van der Waals surface area (Å²) in [6.45, 7) is 5.23. The molecular weight excluding hydrogens is 294 g/mol. The molecule has 2 rings (SSSR count). The van der Waals surface area contributed by atoms with Gasteiger partial charge in [-0.25, -0.2) is 0 Å².